The third-order valence-corrected chi connectivity index (χ3v) is 28.5. The van der Waals surface area contributed by atoms with Crippen LogP contribution in [-0.2, 0) is 80.7 Å². The first-order valence-corrected chi connectivity index (χ1v) is 49.1. The summed E-state index contributed by atoms with van der Waals surface area (Å²) in [7, 11) is -9.41. The molecule has 0 bridgehead atoms. The molecule has 9 atom stereocenters. The summed E-state index contributed by atoms with van der Waals surface area (Å²) in [6.45, 7) is 16.4. The molecule has 15 rings (SSSR count). The number of likely N-dealkylation sites (tertiary alicyclic amines) is 1. The van der Waals surface area contributed by atoms with E-state index in [0.29, 0.717) is 101 Å². The number of Topliss-reactive ketones (excluding diaryl/α,β-unsaturated/α-hetero) is 6. The molecule has 0 aliphatic carbocycles. The molecule has 48 heteroatoms. The van der Waals surface area contributed by atoms with Crippen LogP contribution in [0.5, 0.6) is 23.0 Å². The fourth-order valence-electron chi connectivity index (χ4n) is 17.8. The van der Waals surface area contributed by atoms with E-state index in [9.17, 15) is 101 Å². The van der Waals surface area contributed by atoms with Gasteiger partial charge in [0.25, 0.3) is 0 Å². The molecule has 0 saturated carbocycles. The number of piperidine rings is 1. The van der Waals surface area contributed by atoms with E-state index in [4.69, 9.17) is 35.8 Å². The number of para-hydroxylation sites is 4. The van der Waals surface area contributed by atoms with Gasteiger partial charge in [-0.2, -0.15) is 8.42 Å². The average Bonchev–Trinajstić information content (AvgIpc) is 1.32. The fraction of sp³-hybridized carbons (Fsp3) is 0.451. The maximum Gasteiger partial charge on any atom is 0.526 e. The first-order valence-electron chi connectivity index (χ1n) is 45.9. The summed E-state index contributed by atoms with van der Waals surface area (Å²) in [5, 5.41) is 66.0. The van der Waals surface area contributed by atoms with E-state index < -0.39 is 134 Å². The van der Waals surface area contributed by atoms with Gasteiger partial charge in [-0.25, -0.2) is 33.5 Å². The van der Waals surface area contributed by atoms with Gasteiger partial charge in [0.1, 0.15) is 35.1 Å². The highest BCUT2D eigenvalue weighted by Crippen LogP contribution is 2.43. The number of piperazine rings is 2. The highest BCUT2D eigenvalue weighted by Gasteiger charge is 2.48. The molecule has 139 heavy (non-hydrogen) atoms. The summed E-state index contributed by atoms with van der Waals surface area (Å²) >= 11 is 2.22. The van der Waals surface area contributed by atoms with Crippen LogP contribution in [0, 0.1) is 25.7 Å². The summed E-state index contributed by atoms with van der Waals surface area (Å²) in [5.41, 5.74) is 24.4. The lowest BCUT2D eigenvalue weighted by atomic mass is 9.64. The molecule has 0 radical (unpaired) electrons. The molecule has 15 N–H and O–H groups in total. The number of nitrogens with zero attached hydrogens (tertiary/aromatic N) is 9. The minimum Gasteiger partial charge on any atom is -0.536 e. The molecule has 4 saturated heterocycles. The van der Waals surface area contributed by atoms with Gasteiger partial charge >= 0.3 is 86.4 Å². The standard InChI is InChI=1S/C26H30BN3O6.C23H30BN5O5S.C22H30BN3O6.C20H24BN5O8S2/c1-3-29-12-13-30(25(33)24(29)32)26(34)28-21(14-18-9-5-4-6-10-18)22(31)16-20-15-19-11-7-8-17(2)23(19)36-27(20)35;1-13(30)17-6-2-5-15-8-16(24(33)34-21(15)17)9-19(31)20(18-12-35-22(26)27-18)28-23(32)29-7-3-4-14(10-25)11-29;1-5-25-9-10-26(21(29)20(25)28)22(30)24-18(13(2)3)17(27)12-16-11-15-8-6-7-14(4)19(15)32-23(16)31;1-11(27)14-5-2-4-12-8-13(21(30)34-18(12)14)9-16(28)17(15-10-35-19(22)23-15)24-20(29)25-6-3-7-26(31)36(25,32)33/h4-11,20-21,35H,3,12-16H2,1-2H3,(H,28,34);2,5-6,12,14,16,20,33H,3-4,7-11,25H2,1H3,(H2,26,27)(H,28,32);6-8,13,16,18,31H,5,9-12H2,1-4H3,(H,24,30);2,4-5,10,13,17,30-31H,3,6-9H2,1H3,(H2,22,23)(H,24,29)/t20-,21?;14?,16-,20?;16-,18-;13-,17?/m1111/s1. The lowest BCUT2D eigenvalue weighted by Crippen LogP contribution is -2.60. The number of amides is 12. The smallest absolute Gasteiger partial charge is 0.526 e. The van der Waals surface area contributed by atoms with Crippen LogP contribution in [0.3, 0.4) is 0 Å². The van der Waals surface area contributed by atoms with Crippen LogP contribution in [0.2, 0.25) is 23.3 Å². The van der Waals surface area contributed by atoms with E-state index in [2.05, 4.69) is 31.2 Å². The zero-order valence-corrected chi connectivity index (χ0v) is 80.6. The second-order valence-electron chi connectivity index (χ2n) is 35.6. The Morgan fingerprint density at radius 2 is 0.914 bits per heavy atom. The molecule has 4 unspecified atom stereocenters. The largest absolute Gasteiger partial charge is 0.536 e. The number of thiazole rings is 2. The van der Waals surface area contributed by atoms with Gasteiger partial charge in [-0.3, -0.25) is 63.0 Å². The molecular formula is C91H114B4N16O25S3. The number of hydroxylamine groups is 1. The van der Waals surface area contributed by atoms with Crippen LogP contribution >= 0.6 is 22.7 Å². The minimum atomic E-state index is -4.46. The molecular weight excluding hydrogens is 1860 g/mol. The molecule has 7 aromatic rings. The maximum absolute atomic E-state index is 13.4. The Balaban J connectivity index is 0.000000166. The van der Waals surface area contributed by atoms with E-state index in [1.54, 1.807) is 68.3 Å². The number of hydrogen-bond donors (Lipinski definition) is 12. The van der Waals surface area contributed by atoms with Crippen molar-refractivity contribution in [1.29, 1.82) is 0 Å². The molecule has 8 aliphatic rings. The van der Waals surface area contributed by atoms with Gasteiger partial charge in [0.05, 0.1) is 34.6 Å². The Morgan fingerprint density at radius 1 is 0.496 bits per heavy atom. The highest BCUT2D eigenvalue weighted by molar-refractivity contribution is 7.87. The molecule has 41 nitrogen and oxygen atoms in total. The number of nitrogens with one attached hydrogen (secondary N) is 4. The van der Waals surface area contributed by atoms with Crippen LogP contribution in [0.4, 0.5) is 29.4 Å². The Hall–Kier alpha value is -12.5. The van der Waals surface area contributed by atoms with Gasteiger partial charge in [0.15, 0.2) is 45.0 Å². The first-order chi connectivity index (χ1) is 66.2. The lowest BCUT2D eigenvalue weighted by molar-refractivity contribution is -0.153. The number of likely N-dealkylation sites (N-methyl/N-ethyl adjacent to an activating group) is 2. The minimum absolute atomic E-state index is 0.00810. The maximum atomic E-state index is 13.4. The first kappa shape index (κ1) is 105. The van der Waals surface area contributed by atoms with Gasteiger partial charge in [-0.1, -0.05) is 109 Å². The molecule has 0 spiro atoms. The second-order valence-corrected chi connectivity index (χ2v) is 39.1. The monoisotopic (exact) mass is 1970 g/mol. The van der Waals surface area contributed by atoms with E-state index in [1.165, 1.54) is 40.4 Å². The molecule has 738 valence electrons. The van der Waals surface area contributed by atoms with Crippen molar-refractivity contribution in [1.82, 2.24) is 64.5 Å². The molecule has 2 aromatic heterocycles. The Labute approximate surface area is 812 Å². The SMILES string of the molecule is CC(=O)c1cccc2c1OB(O)[C@@H](CC(=O)C(NC(=O)N1CCCC(CN)C1)c1csc(N)n1)C2.CC(=O)c1cccc2c1OB(O)[C@@H](CC(=O)C(NC(=O)N1CCCN(O)S1(=O)=O)c1csc(N)n1)C2.CCN1CCN(C(=O)NC(Cc2ccccc2)C(=O)C[C@H]2Cc3cccc(C)c3OB2O)C(=O)C1=O.CCN1CCN(C(=O)N[C@@H](C(=O)C[C@H]2Cc3cccc(C)c3OB2O)C(C)C)C(=O)C1=O. The number of hydrogen-bond acceptors (Lipinski definition) is 32. The topological polar surface area (TPSA) is 586 Å². The third-order valence-electron chi connectivity index (χ3n) is 25.5. The number of aryl methyl sites for hydroxylation is 2. The lowest BCUT2D eigenvalue weighted by Gasteiger charge is -2.33. The molecule has 8 aliphatic heterocycles. The number of rotatable bonds is 26. The van der Waals surface area contributed by atoms with Gasteiger partial charge in [0, 0.05) is 125 Å². The number of ketones is 6. The predicted molar refractivity (Wildman–Crippen MR) is 513 cm³/mol. The molecule has 10 heterocycles. The number of anilines is 2. The normalized spacial score (nSPS) is 19.7. The Bertz CT molecular complexity index is 5890. The predicted octanol–water partition coefficient (Wildman–Crippen LogP) is 5.48. The van der Waals surface area contributed by atoms with Crippen molar-refractivity contribution in [2.75, 3.05) is 83.5 Å². The van der Waals surface area contributed by atoms with E-state index in [0.717, 1.165) is 67.4 Å². The number of fused-ring (bicyclic) bond motifs is 4. The van der Waals surface area contributed by atoms with Crippen LogP contribution in [0.15, 0.2) is 114 Å². The Kier molecular flexibility index (Phi) is 35.6. The van der Waals surface area contributed by atoms with Gasteiger partial charge < -0.3 is 91.9 Å². The van der Waals surface area contributed by atoms with E-state index in [1.807, 2.05) is 86.6 Å². The molecule has 4 fully saturated rings. The fourth-order valence-corrected chi connectivity index (χ4v) is 20.2. The molecule has 12 amide bonds. The van der Waals surface area contributed by atoms with Gasteiger partial charge in [0.2, 0.25) is 0 Å². The zero-order valence-electron chi connectivity index (χ0n) is 78.2. The summed E-state index contributed by atoms with van der Waals surface area (Å²) in [4.78, 5) is 192. The van der Waals surface area contributed by atoms with Crippen molar-refractivity contribution in [3.8, 4) is 23.0 Å². The third kappa shape index (κ3) is 25.6. The number of urea groups is 4. The summed E-state index contributed by atoms with van der Waals surface area (Å²) < 4.78 is 47.8. The highest BCUT2D eigenvalue weighted by atomic mass is 32.2. The Morgan fingerprint density at radius 3 is 1.34 bits per heavy atom. The van der Waals surface area contributed by atoms with Crippen LogP contribution in [0.25, 0.3) is 0 Å². The number of aromatic nitrogens is 2. The number of nitrogen functional groups attached to an aromatic ring is 2. The summed E-state index contributed by atoms with van der Waals surface area (Å²) in [6.07, 6.45) is 3.41. The van der Waals surface area contributed by atoms with E-state index >= 15 is 0 Å². The summed E-state index contributed by atoms with van der Waals surface area (Å²) in [5.74, 6) is -5.40. The number of benzene rings is 5. The van der Waals surface area contributed by atoms with Crippen LogP contribution < -0.4 is 57.1 Å². The molecule has 5 aromatic carbocycles. The van der Waals surface area contributed by atoms with Crippen molar-refractivity contribution < 1.29 is 119 Å². The van der Waals surface area contributed by atoms with Crippen molar-refractivity contribution in [3.63, 3.8) is 0 Å². The van der Waals surface area contributed by atoms with Crippen molar-refractivity contribution >= 4 is 154 Å². The summed E-state index contributed by atoms with van der Waals surface area (Å²) in [6, 6.07) is 23.7. The van der Waals surface area contributed by atoms with Crippen molar-refractivity contribution in [2.45, 2.75) is 180 Å². The number of carbonyl (C=O) groups is 14. The van der Waals surface area contributed by atoms with Crippen molar-refractivity contribution in [2.24, 2.45) is 17.6 Å². The number of carbonyl (C=O) groups excluding carboxylic acids is 14. The quantitative estimate of drug-likeness (QED) is 0.0181. The second kappa shape index (κ2) is 47.0. The number of imide groups is 2. The van der Waals surface area contributed by atoms with Crippen molar-refractivity contribution in [3.05, 3.63) is 175 Å². The average molecular weight is 1970 g/mol. The van der Waals surface area contributed by atoms with Gasteiger partial charge in [-0.15, -0.1) is 22.7 Å². The van der Waals surface area contributed by atoms with Gasteiger partial charge in [-0.05, 0) is 162 Å². The number of nitrogens with two attached hydrogens (primary N) is 3. The van der Waals surface area contributed by atoms with Crippen LogP contribution in [0.1, 0.15) is 170 Å². The van der Waals surface area contributed by atoms with E-state index in [-0.39, 0.29) is 152 Å². The zero-order chi connectivity index (χ0) is 101. The van der Waals surface area contributed by atoms with Crippen LogP contribution in [-0.4, -0.2) is 272 Å².